The van der Waals surface area contributed by atoms with Crippen molar-refractivity contribution in [2.45, 2.75) is 43.9 Å². The van der Waals surface area contributed by atoms with Crippen LogP contribution in [-0.4, -0.2) is 63.3 Å². The number of esters is 2. The van der Waals surface area contributed by atoms with Gasteiger partial charge in [-0.3, -0.25) is 4.90 Å². The molecule has 4 heterocycles. The highest BCUT2D eigenvalue weighted by Crippen LogP contribution is 2.36. The Morgan fingerprint density at radius 3 is 2.38 bits per heavy atom. The molecule has 3 atom stereocenters. The Morgan fingerprint density at radius 2 is 1.71 bits per heavy atom. The Morgan fingerprint density at radius 1 is 0.981 bits per heavy atom. The van der Waals surface area contributed by atoms with Gasteiger partial charge in [-0.1, -0.05) is 59.6 Å². The lowest BCUT2D eigenvalue weighted by atomic mass is 9.86. The number of rotatable bonds is 14. The molecule has 2 bridgehead atoms. The summed E-state index contributed by atoms with van der Waals surface area (Å²) in [5.41, 5.74) is 2.31. The number of methoxy groups -OCH3 is 2. The molecular formula is C39H40Cl2FN3O7. The smallest absolute Gasteiger partial charge is 0.338 e. The predicted octanol–water partition coefficient (Wildman–Crippen LogP) is 6.43. The van der Waals surface area contributed by atoms with Crippen molar-refractivity contribution in [3.63, 3.8) is 0 Å². The van der Waals surface area contributed by atoms with Crippen LogP contribution in [0.2, 0.25) is 10.0 Å². The first kappa shape index (κ1) is 37.3. The van der Waals surface area contributed by atoms with Crippen molar-refractivity contribution in [3.05, 3.63) is 128 Å². The SMILES string of the molecule is COc1ccc(C(Cc2c(Cl)c[n+]([O-])cc2Cl)OC(=O)c2cccc(CCNC(C(=O)O[C@H]3CN4CCC3CC4)c3ccccc3F)c2)cc1OC. The second-order valence-corrected chi connectivity index (χ2v) is 13.8. The van der Waals surface area contributed by atoms with Gasteiger partial charge >= 0.3 is 11.9 Å². The number of benzene rings is 3. The van der Waals surface area contributed by atoms with E-state index in [9.17, 15) is 19.2 Å². The number of hydrogen-bond acceptors (Lipinski definition) is 9. The number of nitrogens with zero attached hydrogens (tertiary/aromatic N) is 2. The van der Waals surface area contributed by atoms with E-state index in [0.717, 1.165) is 31.5 Å². The van der Waals surface area contributed by atoms with Gasteiger partial charge in [-0.15, -0.1) is 0 Å². The largest absolute Gasteiger partial charge is 0.619 e. The third-order valence-corrected chi connectivity index (χ3v) is 10.4. The lowest BCUT2D eigenvalue weighted by Crippen LogP contribution is -2.52. The van der Waals surface area contributed by atoms with Crippen molar-refractivity contribution in [1.82, 2.24) is 10.2 Å². The summed E-state index contributed by atoms with van der Waals surface area (Å²) in [6, 6.07) is 17.3. The van der Waals surface area contributed by atoms with E-state index in [-0.39, 0.29) is 33.7 Å². The standard InChI is InChI=1S/C39H40Cl2FN3O7/c1-49-33-11-10-26(19-35(33)50-2)34(20-29-30(40)21-45(48)22-31(29)41)51-38(46)27-7-5-6-24(18-27)12-15-43-37(28-8-3-4-9-32(28)42)39(47)52-36-23-44-16-13-25(36)14-17-44/h3-11,18-19,21-22,25,34,36-37,43H,12-17,20,23H2,1-2H3/t34?,36-,37?/m0/s1. The monoisotopic (exact) mass is 751 g/mol. The molecule has 3 fully saturated rings. The van der Waals surface area contributed by atoms with E-state index in [0.29, 0.717) is 52.8 Å². The molecule has 1 N–H and O–H groups in total. The molecule has 0 amide bonds. The molecule has 0 aliphatic carbocycles. The molecule has 3 aliphatic heterocycles. The summed E-state index contributed by atoms with van der Waals surface area (Å²) in [7, 11) is 3.02. The van der Waals surface area contributed by atoms with Crippen LogP contribution in [0.25, 0.3) is 0 Å². The molecule has 52 heavy (non-hydrogen) atoms. The lowest BCUT2D eigenvalue weighted by molar-refractivity contribution is -0.605. The minimum Gasteiger partial charge on any atom is -0.619 e. The van der Waals surface area contributed by atoms with Gasteiger partial charge in [0.25, 0.3) is 0 Å². The molecule has 1 aromatic heterocycles. The van der Waals surface area contributed by atoms with Crippen LogP contribution >= 0.6 is 23.2 Å². The number of carbonyl (C=O) groups excluding carboxylic acids is 2. The zero-order valence-corrected chi connectivity index (χ0v) is 30.4. The van der Waals surface area contributed by atoms with Crippen molar-refractivity contribution < 1.29 is 37.7 Å². The van der Waals surface area contributed by atoms with Gasteiger partial charge < -0.3 is 29.5 Å². The van der Waals surface area contributed by atoms with Crippen LogP contribution in [0.4, 0.5) is 4.39 Å². The van der Waals surface area contributed by atoms with Gasteiger partial charge in [-0.2, -0.15) is 4.73 Å². The molecule has 3 aromatic carbocycles. The molecule has 0 saturated carbocycles. The Hall–Kier alpha value is -4.42. The first-order valence-electron chi connectivity index (χ1n) is 17.1. The average molecular weight is 753 g/mol. The summed E-state index contributed by atoms with van der Waals surface area (Å²) in [5.74, 6) is -0.377. The van der Waals surface area contributed by atoms with E-state index in [1.165, 1.54) is 32.7 Å². The average Bonchev–Trinajstić information content (AvgIpc) is 3.15. The van der Waals surface area contributed by atoms with E-state index in [4.69, 9.17) is 42.1 Å². The molecule has 0 radical (unpaired) electrons. The molecule has 7 rings (SSSR count). The molecular weight excluding hydrogens is 712 g/mol. The van der Waals surface area contributed by atoms with Gasteiger partial charge in [0, 0.05) is 30.6 Å². The van der Waals surface area contributed by atoms with Gasteiger partial charge in [0.15, 0.2) is 23.9 Å². The fourth-order valence-corrected chi connectivity index (χ4v) is 7.49. The maximum absolute atomic E-state index is 15.0. The van der Waals surface area contributed by atoms with Crippen LogP contribution in [0.5, 0.6) is 11.5 Å². The second kappa shape index (κ2) is 16.9. The number of nitrogens with one attached hydrogen (secondary N) is 1. The van der Waals surface area contributed by atoms with Crippen molar-refractivity contribution in [1.29, 1.82) is 0 Å². The number of aromatic nitrogens is 1. The van der Waals surface area contributed by atoms with Crippen LogP contribution in [0.15, 0.2) is 79.1 Å². The molecule has 10 nitrogen and oxygen atoms in total. The molecule has 3 aliphatic rings. The van der Waals surface area contributed by atoms with Gasteiger partial charge in [-0.05, 0) is 79.7 Å². The van der Waals surface area contributed by atoms with Crippen LogP contribution in [0.3, 0.4) is 0 Å². The Bertz CT molecular complexity index is 1880. The molecule has 0 spiro atoms. The fraction of sp³-hybridized carbons (Fsp3) is 0.359. The van der Waals surface area contributed by atoms with Crippen LogP contribution < -0.4 is 19.5 Å². The van der Waals surface area contributed by atoms with E-state index < -0.39 is 29.9 Å². The molecule has 3 saturated heterocycles. The molecule has 2 unspecified atom stereocenters. The zero-order valence-electron chi connectivity index (χ0n) is 28.9. The van der Waals surface area contributed by atoms with Crippen molar-refractivity contribution in [3.8, 4) is 11.5 Å². The van der Waals surface area contributed by atoms with Gasteiger partial charge in [0.05, 0.1) is 19.8 Å². The summed E-state index contributed by atoms with van der Waals surface area (Å²) in [6.45, 7) is 3.01. The molecule has 13 heteroatoms. The molecule has 274 valence electrons. The normalized spacial score (nSPS) is 19.1. The van der Waals surface area contributed by atoms with Crippen molar-refractivity contribution >= 4 is 35.1 Å². The highest BCUT2D eigenvalue weighted by Gasteiger charge is 2.38. The number of fused-ring (bicyclic) bond motifs is 3. The minimum atomic E-state index is -1.00. The lowest BCUT2D eigenvalue weighted by Gasteiger charge is -2.44. The summed E-state index contributed by atoms with van der Waals surface area (Å²) >= 11 is 12.8. The maximum atomic E-state index is 15.0. The third kappa shape index (κ3) is 8.78. The zero-order chi connectivity index (χ0) is 36.8. The number of piperidine rings is 3. The number of ether oxygens (including phenoxy) is 4. The van der Waals surface area contributed by atoms with E-state index >= 15 is 0 Å². The maximum Gasteiger partial charge on any atom is 0.338 e. The Kier molecular flexibility index (Phi) is 12.2. The van der Waals surface area contributed by atoms with Gasteiger partial charge in [0.2, 0.25) is 0 Å². The summed E-state index contributed by atoms with van der Waals surface area (Å²) in [4.78, 5) is 29.5. The van der Waals surface area contributed by atoms with E-state index in [2.05, 4.69) is 10.2 Å². The fourth-order valence-electron chi connectivity index (χ4n) is 6.89. The predicted molar refractivity (Wildman–Crippen MR) is 193 cm³/mol. The number of carbonyl (C=O) groups is 2. The van der Waals surface area contributed by atoms with Crippen LogP contribution in [-0.2, 0) is 27.1 Å². The number of pyridine rings is 1. The van der Waals surface area contributed by atoms with Gasteiger partial charge in [-0.25, -0.2) is 14.0 Å². The summed E-state index contributed by atoms with van der Waals surface area (Å²) < 4.78 is 38.4. The van der Waals surface area contributed by atoms with E-state index in [1.807, 2.05) is 6.07 Å². The highest BCUT2D eigenvalue weighted by atomic mass is 35.5. The summed E-state index contributed by atoms with van der Waals surface area (Å²) in [6.07, 6.45) is 3.73. The topological polar surface area (TPSA) is 113 Å². The first-order valence-corrected chi connectivity index (χ1v) is 17.9. The van der Waals surface area contributed by atoms with Crippen molar-refractivity contribution in [2.75, 3.05) is 40.4 Å². The van der Waals surface area contributed by atoms with E-state index in [1.54, 1.807) is 54.6 Å². The highest BCUT2D eigenvalue weighted by molar-refractivity contribution is 6.35. The van der Waals surface area contributed by atoms with Crippen molar-refractivity contribution in [2.24, 2.45) is 5.92 Å². The molecule has 4 aromatic rings. The summed E-state index contributed by atoms with van der Waals surface area (Å²) in [5, 5.41) is 15.4. The minimum absolute atomic E-state index is 0.0660. The Balaban J connectivity index is 1.17. The number of hydrogen-bond donors (Lipinski definition) is 1. The number of halogens is 3. The van der Waals surface area contributed by atoms with Crippen LogP contribution in [0, 0.1) is 16.9 Å². The van der Waals surface area contributed by atoms with Crippen LogP contribution in [0.1, 0.15) is 57.6 Å². The van der Waals surface area contributed by atoms with Gasteiger partial charge in [0.1, 0.15) is 34.1 Å². The quantitative estimate of drug-likeness (QED) is 0.0885. The second-order valence-electron chi connectivity index (χ2n) is 13.0. The Labute approximate surface area is 311 Å². The third-order valence-electron chi connectivity index (χ3n) is 9.72. The first-order chi connectivity index (χ1) is 25.1.